The highest BCUT2D eigenvalue weighted by atomic mass is 16.7. The van der Waals surface area contributed by atoms with Gasteiger partial charge in [0.25, 0.3) is 0 Å². The molecule has 0 aromatic heterocycles. The Balaban J connectivity index is 2.71. The molecule has 1 saturated heterocycles. The molecule has 0 amide bonds. The molecule has 0 radical (unpaired) electrons. The monoisotopic (exact) mass is 1030 g/mol. The van der Waals surface area contributed by atoms with Crippen LogP contribution in [0.3, 0.4) is 0 Å². The highest BCUT2D eigenvalue weighted by Gasteiger charge is 2.50. The van der Waals surface area contributed by atoms with Crippen molar-refractivity contribution in [1.29, 1.82) is 0 Å². The summed E-state index contributed by atoms with van der Waals surface area (Å²) in [5, 5.41) is 31.4. The SMILES string of the molecule is CC/C=C\C/C=C\C/C=C\C/C=C\CCCCC(=O)OCC(COC1OC(C(=O)O)C(O)C(O)C1OC(=O)CCCCCCCCC/C=C\CCCCCCCC)OC(=O)CCCCCCC/C=C\CCCC. The Kier molecular flexibility index (Phi) is 45.1. The summed E-state index contributed by atoms with van der Waals surface area (Å²) in [5.41, 5.74) is 0. The second-order valence-corrected chi connectivity index (χ2v) is 19.5. The van der Waals surface area contributed by atoms with Crippen LogP contribution in [0.1, 0.15) is 239 Å². The zero-order chi connectivity index (χ0) is 53.3. The Labute approximate surface area is 442 Å². The molecule has 3 N–H and O–H groups in total. The number of unbranched alkanes of at least 4 members (excludes halogenated alkanes) is 22. The number of rotatable bonds is 48. The highest BCUT2D eigenvalue weighted by Crippen LogP contribution is 2.26. The molecule has 0 aromatic carbocycles. The van der Waals surface area contributed by atoms with Crippen molar-refractivity contribution in [2.24, 2.45) is 0 Å². The third-order valence-electron chi connectivity index (χ3n) is 12.7. The van der Waals surface area contributed by atoms with Crippen molar-refractivity contribution in [1.82, 2.24) is 0 Å². The van der Waals surface area contributed by atoms with Crippen LogP contribution in [0.4, 0.5) is 0 Å². The van der Waals surface area contributed by atoms with Crippen molar-refractivity contribution in [2.75, 3.05) is 13.2 Å². The minimum atomic E-state index is -1.91. The summed E-state index contributed by atoms with van der Waals surface area (Å²) < 4.78 is 28.3. The number of ether oxygens (including phenoxy) is 5. The quantitative estimate of drug-likeness (QED) is 0.0228. The van der Waals surface area contributed by atoms with Crippen LogP contribution in [-0.2, 0) is 42.9 Å². The zero-order valence-corrected chi connectivity index (χ0v) is 45.9. The van der Waals surface area contributed by atoms with Gasteiger partial charge in [0.2, 0.25) is 0 Å². The van der Waals surface area contributed by atoms with Crippen LogP contribution in [0.2, 0.25) is 0 Å². The van der Waals surface area contributed by atoms with E-state index in [-0.39, 0.29) is 25.9 Å². The lowest BCUT2D eigenvalue weighted by molar-refractivity contribution is -0.301. The smallest absolute Gasteiger partial charge is 0.335 e. The summed E-state index contributed by atoms with van der Waals surface area (Å²) in [6.07, 6.45) is 48.8. The summed E-state index contributed by atoms with van der Waals surface area (Å²) in [5.74, 6) is -3.19. The molecule has 12 heteroatoms. The molecule has 0 bridgehead atoms. The van der Waals surface area contributed by atoms with Gasteiger partial charge in [-0.3, -0.25) is 14.4 Å². The standard InChI is InChI=1S/C61H102O12/c1-4-7-10-13-16-19-22-24-26-27-29-31-34-37-40-43-46-49-55(64)72-59-57(66)56(65)58(60(67)68)73-61(59)70-51-52(71-54(63)48-45-42-39-36-32-21-18-15-12-9-6-3)50-69-53(62)47-44-41-38-35-33-30-28-25-23-20-17-14-11-8-5-2/h8,11,15,17-18,20,24-26,28,33,35,52,56-59,61,65-66H,4-7,9-10,12-14,16,19,21-23,27,29-32,34,36-51H2,1-3H3,(H,67,68)/b11-8-,18-15-,20-17-,26-24-,28-25-,35-33-. The van der Waals surface area contributed by atoms with Crippen molar-refractivity contribution in [3.8, 4) is 0 Å². The van der Waals surface area contributed by atoms with Gasteiger partial charge in [0.05, 0.1) is 6.61 Å². The normalized spacial score (nSPS) is 18.8. The molecule has 1 fully saturated rings. The van der Waals surface area contributed by atoms with Gasteiger partial charge < -0.3 is 39.0 Å². The molecule has 1 aliphatic rings. The first kappa shape index (κ1) is 67.2. The van der Waals surface area contributed by atoms with Crippen LogP contribution in [0.15, 0.2) is 72.9 Å². The van der Waals surface area contributed by atoms with E-state index in [9.17, 15) is 34.5 Å². The Morgan fingerprint density at radius 3 is 1.40 bits per heavy atom. The van der Waals surface area contributed by atoms with Crippen LogP contribution >= 0.6 is 0 Å². The second kappa shape index (κ2) is 49.1. The minimum absolute atomic E-state index is 0.0491. The van der Waals surface area contributed by atoms with Crippen LogP contribution in [0.25, 0.3) is 0 Å². The van der Waals surface area contributed by atoms with E-state index in [1.54, 1.807) is 0 Å². The molecule has 6 atom stereocenters. The predicted molar refractivity (Wildman–Crippen MR) is 294 cm³/mol. The van der Waals surface area contributed by atoms with Crippen LogP contribution in [-0.4, -0.2) is 89.2 Å². The summed E-state index contributed by atoms with van der Waals surface area (Å²) in [7, 11) is 0. The van der Waals surface area contributed by atoms with Crippen molar-refractivity contribution in [3.63, 3.8) is 0 Å². The van der Waals surface area contributed by atoms with Gasteiger partial charge in [-0.2, -0.15) is 0 Å². The van der Waals surface area contributed by atoms with Crippen LogP contribution in [0.5, 0.6) is 0 Å². The van der Waals surface area contributed by atoms with Gasteiger partial charge >= 0.3 is 23.9 Å². The Morgan fingerprint density at radius 2 is 0.877 bits per heavy atom. The van der Waals surface area contributed by atoms with Crippen molar-refractivity contribution in [2.45, 2.75) is 276 Å². The number of hydrogen-bond acceptors (Lipinski definition) is 11. The maximum absolute atomic E-state index is 13.1. The van der Waals surface area contributed by atoms with Gasteiger partial charge in [0, 0.05) is 19.3 Å². The molecule has 1 aliphatic heterocycles. The number of carbonyl (C=O) groups is 4. The molecule has 73 heavy (non-hydrogen) atoms. The van der Waals surface area contributed by atoms with Gasteiger partial charge in [-0.15, -0.1) is 0 Å². The first-order chi connectivity index (χ1) is 35.6. The molecule has 0 spiro atoms. The number of carboxylic acid groups (broad SMARTS) is 1. The number of carboxylic acids is 1. The first-order valence-corrected chi connectivity index (χ1v) is 28.9. The number of aliphatic carboxylic acids is 1. The summed E-state index contributed by atoms with van der Waals surface area (Å²) in [6.45, 7) is 5.78. The van der Waals surface area contributed by atoms with Crippen LogP contribution < -0.4 is 0 Å². The van der Waals surface area contributed by atoms with E-state index in [1.807, 2.05) is 0 Å². The average molecular weight is 1030 g/mol. The fourth-order valence-electron chi connectivity index (χ4n) is 8.27. The van der Waals surface area contributed by atoms with Gasteiger partial charge in [-0.25, -0.2) is 4.79 Å². The molecule has 0 aromatic rings. The van der Waals surface area contributed by atoms with E-state index in [0.717, 1.165) is 116 Å². The number of aliphatic hydroxyl groups excluding tert-OH is 2. The first-order valence-electron chi connectivity index (χ1n) is 28.9. The molecule has 418 valence electrons. The maximum Gasteiger partial charge on any atom is 0.335 e. The lowest BCUT2D eigenvalue weighted by atomic mass is 9.98. The third-order valence-corrected chi connectivity index (χ3v) is 12.7. The number of allylic oxidation sites excluding steroid dienone is 12. The number of carbonyl (C=O) groups excluding carboxylic acids is 3. The molecule has 0 aliphatic carbocycles. The van der Waals surface area contributed by atoms with E-state index >= 15 is 0 Å². The lowest BCUT2D eigenvalue weighted by Crippen LogP contribution is -2.61. The molecule has 1 rings (SSSR count). The predicted octanol–water partition coefficient (Wildman–Crippen LogP) is 14.6. The van der Waals surface area contributed by atoms with Gasteiger partial charge in [0.15, 0.2) is 24.6 Å². The fraction of sp³-hybridized carbons (Fsp3) is 0.738. The molecular weight excluding hydrogens is 925 g/mol. The van der Waals surface area contributed by atoms with E-state index in [2.05, 4.69) is 93.7 Å². The minimum Gasteiger partial charge on any atom is -0.479 e. The van der Waals surface area contributed by atoms with Gasteiger partial charge in [-0.1, -0.05) is 190 Å². The number of aliphatic hydroxyl groups is 2. The van der Waals surface area contributed by atoms with Gasteiger partial charge in [0.1, 0.15) is 18.8 Å². The van der Waals surface area contributed by atoms with Crippen LogP contribution in [0, 0.1) is 0 Å². The average Bonchev–Trinajstić information content (AvgIpc) is 3.37. The second-order valence-electron chi connectivity index (χ2n) is 19.5. The molecule has 0 saturated carbocycles. The van der Waals surface area contributed by atoms with Crippen molar-refractivity contribution < 1.29 is 58.2 Å². The van der Waals surface area contributed by atoms with Crippen molar-refractivity contribution >= 4 is 23.9 Å². The van der Waals surface area contributed by atoms with Crippen molar-refractivity contribution in [3.05, 3.63) is 72.9 Å². The summed E-state index contributed by atoms with van der Waals surface area (Å²) in [6, 6.07) is 0. The molecular formula is C61H102O12. The summed E-state index contributed by atoms with van der Waals surface area (Å²) >= 11 is 0. The topological polar surface area (TPSA) is 175 Å². The maximum atomic E-state index is 13.1. The fourth-order valence-corrected chi connectivity index (χ4v) is 8.27. The van der Waals surface area contributed by atoms with E-state index in [4.69, 9.17) is 23.7 Å². The van der Waals surface area contributed by atoms with E-state index in [1.165, 1.54) is 64.2 Å². The van der Waals surface area contributed by atoms with Gasteiger partial charge in [-0.05, 0) is 103 Å². The Bertz CT molecular complexity index is 1550. The van der Waals surface area contributed by atoms with E-state index < -0.39 is 67.3 Å². The number of esters is 3. The molecule has 1 heterocycles. The Morgan fingerprint density at radius 1 is 0.466 bits per heavy atom. The van der Waals surface area contributed by atoms with E-state index in [0.29, 0.717) is 19.3 Å². The largest absolute Gasteiger partial charge is 0.479 e. The highest BCUT2D eigenvalue weighted by molar-refractivity contribution is 5.74. The third kappa shape index (κ3) is 39.3. The molecule has 12 nitrogen and oxygen atoms in total. The summed E-state index contributed by atoms with van der Waals surface area (Å²) in [4.78, 5) is 51.0. The molecule has 6 unspecified atom stereocenters. The Hall–Kier alpha value is -3.84. The lowest BCUT2D eigenvalue weighted by Gasteiger charge is -2.40. The zero-order valence-electron chi connectivity index (χ0n) is 45.9. The number of hydrogen-bond donors (Lipinski definition) is 3.